The van der Waals surface area contributed by atoms with E-state index < -0.39 is 16.2 Å². The topological polar surface area (TPSA) is 135 Å². The van der Waals surface area contributed by atoms with Gasteiger partial charge in [-0.2, -0.15) is 8.42 Å². The summed E-state index contributed by atoms with van der Waals surface area (Å²) in [6.45, 7) is 2.87. The lowest BCUT2D eigenvalue weighted by atomic mass is 10.1. The van der Waals surface area contributed by atoms with Gasteiger partial charge in [-0.25, -0.2) is 19.7 Å². The molecule has 2 aromatic heterocycles. The lowest BCUT2D eigenvalue weighted by Crippen LogP contribution is -2.54. The molecule has 11 nitrogen and oxygen atoms in total. The monoisotopic (exact) mass is 567 g/mol. The molecule has 1 aliphatic heterocycles. The standard InChI is InChI=1S/C23H23Cl2N5O6S/c1-14-12-29(3-4-30(14)23(31)32)22-26-10-19(11-27-22)36-21-6-15(13-35-37(2,33)34)5-20(28-21)16-7-17(24)9-18(25)8-16/h5-11,14H,3-4,12-13H2,1-2H3,(H,31,32)/t14-/m0/s1. The molecule has 1 aliphatic rings. The van der Waals surface area contributed by atoms with Crippen LogP contribution in [0.3, 0.4) is 0 Å². The molecule has 0 radical (unpaired) electrons. The maximum Gasteiger partial charge on any atom is 0.407 e. The fourth-order valence-corrected chi connectivity index (χ4v) is 4.67. The molecule has 1 N–H and O–H groups in total. The van der Waals surface area contributed by atoms with Gasteiger partial charge in [-0.05, 0) is 36.8 Å². The highest BCUT2D eigenvalue weighted by Crippen LogP contribution is 2.30. The highest BCUT2D eigenvalue weighted by Gasteiger charge is 2.28. The molecule has 0 saturated carbocycles. The molecule has 4 rings (SSSR count). The Labute approximate surface area is 223 Å². The SMILES string of the molecule is C[C@H]1CN(c2ncc(Oc3cc(COS(C)(=O)=O)cc(-c4cc(Cl)cc(Cl)c4)n3)cn2)CCN1C(=O)O. The maximum absolute atomic E-state index is 11.5. The summed E-state index contributed by atoms with van der Waals surface area (Å²) in [5, 5.41) is 10.1. The number of rotatable bonds is 7. The molecule has 3 aromatic rings. The van der Waals surface area contributed by atoms with Crippen molar-refractivity contribution in [1.29, 1.82) is 0 Å². The average molecular weight is 568 g/mol. The van der Waals surface area contributed by atoms with Crippen molar-refractivity contribution in [3.05, 3.63) is 58.3 Å². The summed E-state index contributed by atoms with van der Waals surface area (Å²) in [6.07, 6.45) is 2.97. The maximum atomic E-state index is 11.5. The van der Waals surface area contributed by atoms with Gasteiger partial charge in [0.1, 0.15) is 0 Å². The Bertz CT molecular complexity index is 1390. The number of pyridine rings is 1. The Balaban J connectivity index is 1.56. The van der Waals surface area contributed by atoms with E-state index in [9.17, 15) is 18.3 Å². The first-order valence-corrected chi connectivity index (χ1v) is 13.6. The van der Waals surface area contributed by atoms with E-state index in [-0.39, 0.29) is 18.5 Å². The highest BCUT2D eigenvalue weighted by molar-refractivity contribution is 7.85. The molecule has 1 saturated heterocycles. The fourth-order valence-electron chi connectivity index (χ4n) is 3.79. The largest absolute Gasteiger partial charge is 0.465 e. The highest BCUT2D eigenvalue weighted by atomic mass is 35.5. The van der Waals surface area contributed by atoms with Crippen LogP contribution in [0.4, 0.5) is 10.7 Å². The minimum Gasteiger partial charge on any atom is -0.465 e. The number of anilines is 1. The molecule has 196 valence electrons. The zero-order valence-corrected chi connectivity index (χ0v) is 22.2. The molecule has 1 fully saturated rings. The Morgan fingerprint density at radius 1 is 1.11 bits per heavy atom. The number of nitrogens with zero attached hydrogens (tertiary/aromatic N) is 5. The summed E-state index contributed by atoms with van der Waals surface area (Å²) < 4.78 is 33.8. The molecular formula is C23H23Cl2N5O6S. The summed E-state index contributed by atoms with van der Waals surface area (Å²) in [6, 6.07) is 7.92. The van der Waals surface area contributed by atoms with E-state index in [4.69, 9.17) is 32.1 Å². The number of hydrogen-bond donors (Lipinski definition) is 1. The molecule has 0 aliphatic carbocycles. The molecule has 1 amide bonds. The third-order valence-corrected chi connectivity index (χ3v) is 6.44. The first-order valence-electron chi connectivity index (χ1n) is 11.0. The summed E-state index contributed by atoms with van der Waals surface area (Å²) >= 11 is 12.3. The predicted molar refractivity (Wildman–Crippen MR) is 138 cm³/mol. The van der Waals surface area contributed by atoms with Gasteiger partial charge in [0.15, 0.2) is 5.75 Å². The van der Waals surface area contributed by atoms with Crippen LogP contribution in [-0.2, 0) is 20.9 Å². The van der Waals surface area contributed by atoms with Gasteiger partial charge in [0, 0.05) is 47.4 Å². The third-order valence-electron chi connectivity index (χ3n) is 5.45. The Morgan fingerprint density at radius 3 is 2.38 bits per heavy atom. The molecule has 0 unspecified atom stereocenters. The van der Waals surface area contributed by atoms with E-state index in [2.05, 4.69) is 15.0 Å². The third kappa shape index (κ3) is 7.19. The number of carboxylic acid groups (broad SMARTS) is 1. The van der Waals surface area contributed by atoms with Crippen LogP contribution in [0.1, 0.15) is 12.5 Å². The van der Waals surface area contributed by atoms with Crippen molar-refractivity contribution < 1.29 is 27.2 Å². The van der Waals surface area contributed by atoms with Crippen LogP contribution >= 0.6 is 23.2 Å². The number of ether oxygens (including phenoxy) is 1. The summed E-state index contributed by atoms with van der Waals surface area (Å²) in [7, 11) is -3.68. The van der Waals surface area contributed by atoms with Crippen LogP contribution in [-0.4, -0.2) is 71.4 Å². The van der Waals surface area contributed by atoms with Crippen molar-refractivity contribution in [3.8, 4) is 22.9 Å². The van der Waals surface area contributed by atoms with Crippen molar-refractivity contribution in [2.75, 3.05) is 30.8 Å². The summed E-state index contributed by atoms with van der Waals surface area (Å²) in [4.78, 5) is 27.8. The van der Waals surface area contributed by atoms with Crippen LogP contribution in [0.15, 0.2) is 42.7 Å². The zero-order valence-electron chi connectivity index (χ0n) is 19.8. The van der Waals surface area contributed by atoms with Gasteiger partial charge in [-0.3, -0.25) is 4.18 Å². The van der Waals surface area contributed by atoms with Crippen LogP contribution in [0.2, 0.25) is 10.0 Å². The van der Waals surface area contributed by atoms with Crippen molar-refractivity contribution in [2.24, 2.45) is 0 Å². The Kier molecular flexibility index (Phi) is 8.02. The number of amides is 1. The van der Waals surface area contributed by atoms with Gasteiger partial charge < -0.3 is 19.6 Å². The number of aromatic nitrogens is 3. The number of carbonyl (C=O) groups is 1. The normalized spacial score (nSPS) is 16.1. The molecule has 0 spiro atoms. The number of halogens is 2. The molecular weight excluding hydrogens is 545 g/mol. The number of hydrogen-bond acceptors (Lipinski definition) is 9. The predicted octanol–water partition coefficient (Wildman–Crippen LogP) is 4.30. The molecule has 1 atom stereocenters. The smallest absolute Gasteiger partial charge is 0.407 e. The van der Waals surface area contributed by atoms with E-state index >= 15 is 0 Å². The van der Waals surface area contributed by atoms with Crippen molar-refractivity contribution >= 4 is 45.4 Å². The van der Waals surface area contributed by atoms with E-state index in [1.165, 1.54) is 17.3 Å². The van der Waals surface area contributed by atoms with E-state index in [1.807, 2.05) is 11.8 Å². The Hall–Kier alpha value is -3.19. The average Bonchev–Trinajstić information content (AvgIpc) is 2.82. The van der Waals surface area contributed by atoms with Crippen molar-refractivity contribution in [2.45, 2.75) is 19.6 Å². The van der Waals surface area contributed by atoms with Crippen LogP contribution in [0.5, 0.6) is 11.6 Å². The van der Waals surface area contributed by atoms with Gasteiger partial charge in [0.2, 0.25) is 11.8 Å². The van der Waals surface area contributed by atoms with Gasteiger partial charge in [-0.1, -0.05) is 23.2 Å². The van der Waals surface area contributed by atoms with Gasteiger partial charge in [0.25, 0.3) is 10.1 Å². The molecule has 3 heterocycles. The van der Waals surface area contributed by atoms with Gasteiger partial charge in [0.05, 0.1) is 31.0 Å². The summed E-state index contributed by atoms with van der Waals surface area (Å²) in [5.41, 5.74) is 1.53. The molecule has 1 aromatic carbocycles. The minimum atomic E-state index is -3.68. The van der Waals surface area contributed by atoms with Gasteiger partial charge >= 0.3 is 6.09 Å². The lowest BCUT2D eigenvalue weighted by molar-refractivity contribution is 0.122. The molecule has 37 heavy (non-hydrogen) atoms. The molecule has 14 heteroatoms. The Morgan fingerprint density at radius 2 is 1.78 bits per heavy atom. The fraction of sp³-hybridized carbons (Fsp3) is 0.304. The van der Waals surface area contributed by atoms with E-state index in [0.717, 1.165) is 6.26 Å². The summed E-state index contributed by atoms with van der Waals surface area (Å²) in [5.74, 6) is 0.896. The molecule has 0 bridgehead atoms. The van der Waals surface area contributed by atoms with E-state index in [1.54, 1.807) is 30.3 Å². The quantitative estimate of drug-likeness (QED) is 0.411. The van der Waals surface area contributed by atoms with Crippen molar-refractivity contribution in [1.82, 2.24) is 19.9 Å². The van der Waals surface area contributed by atoms with Gasteiger partial charge in [-0.15, -0.1) is 0 Å². The van der Waals surface area contributed by atoms with Crippen LogP contribution in [0.25, 0.3) is 11.3 Å². The van der Waals surface area contributed by atoms with E-state index in [0.29, 0.717) is 58.2 Å². The second kappa shape index (κ2) is 11.1. The lowest BCUT2D eigenvalue weighted by Gasteiger charge is -2.38. The van der Waals surface area contributed by atoms with Crippen LogP contribution in [0, 0.1) is 0 Å². The second-order valence-electron chi connectivity index (χ2n) is 8.42. The first kappa shape index (κ1) is 26.9. The number of piperazine rings is 1. The van der Waals surface area contributed by atoms with Crippen molar-refractivity contribution in [3.63, 3.8) is 0 Å². The second-order valence-corrected chi connectivity index (χ2v) is 10.9. The number of benzene rings is 1. The minimum absolute atomic E-state index is 0.153. The first-order chi connectivity index (χ1) is 17.5. The van der Waals surface area contributed by atoms with Crippen LogP contribution < -0.4 is 9.64 Å². The zero-order chi connectivity index (χ0) is 26.7.